The Labute approximate surface area is 144 Å². The van der Waals surface area contributed by atoms with Gasteiger partial charge in [-0.2, -0.15) is 0 Å². The fourth-order valence-corrected chi connectivity index (χ4v) is 2.43. The summed E-state index contributed by atoms with van der Waals surface area (Å²) >= 11 is 0. The van der Waals surface area contributed by atoms with Gasteiger partial charge in [-0.1, -0.05) is 6.92 Å². The smallest absolute Gasteiger partial charge is 0.333 e. The molecule has 0 spiro atoms. The molecule has 1 aromatic heterocycles. The number of aromatic nitrogens is 2. The van der Waals surface area contributed by atoms with Gasteiger partial charge < -0.3 is 14.6 Å². The largest absolute Gasteiger partial charge is 0.497 e. The third kappa shape index (κ3) is 3.28. The molecule has 8 nitrogen and oxygen atoms in total. The van der Waals surface area contributed by atoms with Gasteiger partial charge in [-0.25, -0.2) is 9.79 Å². The average Bonchev–Trinajstić information content (AvgIpc) is 2.63. The van der Waals surface area contributed by atoms with Gasteiger partial charge in [-0.3, -0.25) is 13.9 Å². The molecule has 0 radical (unpaired) electrons. The summed E-state index contributed by atoms with van der Waals surface area (Å²) in [4.78, 5) is 28.9. The topological polar surface area (TPSA) is 95.0 Å². The summed E-state index contributed by atoms with van der Waals surface area (Å²) in [6.07, 6.45) is 0.362. The molecule has 134 valence electrons. The number of nitrogens with zero attached hydrogens (tertiary/aromatic N) is 3. The van der Waals surface area contributed by atoms with E-state index < -0.39 is 17.1 Å². The van der Waals surface area contributed by atoms with Crippen LogP contribution in [0.25, 0.3) is 0 Å². The summed E-state index contributed by atoms with van der Waals surface area (Å²) in [5, 5.41) is 10.3. The van der Waals surface area contributed by atoms with Crippen LogP contribution in [0.3, 0.4) is 0 Å². The van der Waals surface area contributed by atoms with E-state index in [1.807, 2.05) is 0 Å². The van der Waals surface area contributed by atoms with Crippen LogP contribution in [0.15, 0.2) is 32.8 Å². The molecular formula is C17H21N3O5. The van der Waals surface area contributed by atoms with Crippen LogP contribution in [-0.4, -0.2) is 34.2 Å². The van der Waals surface area contributed by atoms with E-state index in [4.69, 9.17) is 9.47 Å². The molecule has 0 amide bonds. The van der Waals surface area contributed by atoms with E-state index in [0.717, 1.165) is 9.13 Å². The van der Waals surface area contributed by atoms with Crippen molar-refractivity contribution < 1.29 is 14.6 Å². The Hall–Kier alpha value is -3.03. The molecule has 0 aliphatic carbocycles. The minimum absolute atomic E-state index is 0.0167. The zero-order valence-electron chi connectivity index (χ0n) is 14.9. The zero-order valence-corrected chi connectivity index (χ0v) is 14.9. The summed E-state index contributed by atoms with van der Waals surface area (Å²) in [6, 6.07) is 5.09. The monoisotopic (exact) mass is 347 g/mol. The molecule has 0 fully saturated rings. The van der Waals surface area contributed by atoms with Crippen LogP contribution in [0.4, 0.5) is 5.69 Å². The Bertz CT molecular complexity index is 941. The van der Waals surface area contributed by atoms with Crippen LogP contribution in [0.1, 0.15) is 18.9 Å². The number of rotatable bonds is 5. The van der Waals surface area contributed by atoms with Crippen molar-refractivity contribution in [3.63, 3.8) is 0 Å². The number of ether oxygens (including phenoxy) is 2. The second-order valence-corrected chi connectivity index (χ2v) is 5.35. The maximum Gasteiger partial charge on any atom is 0.333 e. The van der Waals surface area contributed by atoms with Gasteiger partial charge in [0, 0.05) is 20.2 Å². The summed E-state index contributed by atoms with van der Waals surface area (Å²) in [7, 11) is 5.78. The molecule has 8 heteroatoms. The Kier molecular flexibility index (Phi) is 5.31. The van der Waals surface area contributed by atoms with Gasteiger partial charge in [0.05, 0.1) is 19.9 Å². The van der Waals surface area contributed by atoms with E-state index in [1.165, 1.54) is 28.3 Å². The molecule has 0 aliphatic heterocycles. The lowest BCUT2D eigenvalue weighted by Gasteiger charge is -2.13. The fraction of sp³-hybridized carbons (Fsp3) is 0.353. The van der Waals surface area contributed by atoms with E-state index in [1.54, 1.807) is 25.1 Å². The first-order chi connectivity index (χ1) is 11.8. The Balaban J connectivity index is 2.76. The second kappa shape index (κ2) is 7.25. The predicted molar refractivity (Wildman–Crippen MR) is 94.6 cm³/mol. The van der Waals surface area contributed by atoms with Crippen molar-refractivity contribution in [3.05, 3.63) is 44.6 Å². The third-order valence-electron chi connectivity index (χ3n) is 3.90. The molecule has 1 aromatic carbocycles. The molecule has 0 bridgehead atoms. The molecule has 0 saturated carbocycles. The van der Waals surface area contributed by atoms with Crippen molar-refractivity contribution in [3.8, 4) is 17.4 Å². The predicted octanol–water partition coefficient (Wildman–Crippen LogP) is 1.34. The van der Waals surface area contributed by atoms with Crippen LogP contribution in [-0.2, 0) is 14.1 Å². The van der Waals surface area contributed by atoms with Gasteiger partial charge in [0.15, 0.2) is 0 Å². The average molecular weight is 347 g/mol. The highest BCUT2D eigenvalue weighted by atomic mass is 16.5. The molecule has 0 unspecified atom stereocenters. The first kappa shape index (κ1) is 18.3. The van der Waals surface area contributed by atoms with Crippen LogP contribution < -0.4 is 20.7 Å². The molecule has 2 aromatic rings. The van der Waals surface area contributed by atoms with Crippen molar-refractivity contribution >= 4 is 11.4 Å². The number of aromatic hydroxyl groups is 1. The SMILES string of the molecule is CCC(=Nc1cc(OC)ccc1OC)c1c(O)n(C)c(=O)n(C)c1=O. The van der Waals surface area contributed by atoms with Gasteiger partial charge in [-0.15, -0.1) is 0 Å². The first-order valence-electron chi connectivity index (χ1n) is 7.64. The lowest BCUT2D eigenvalue weighted by atomic mass is 10.1. The number of hydrogen-bond acceptors (Lipinski definition) is 6. The molecule has 0 atom stereocenters. The van der Waals surface area contributed by atoms with E-state index in [9.17, 15) is 14.7 Å². The van der Waals surface area contributed by atoms with E-state index in [2.05, 4.69) is 4.99 Å². The number of aliphatic imine (C=N–C) groups is 1. The van der Waals surface area contributed by atoms with Gasteiger partial charge in [-0.05, 0) is 18.6 Å². The van der Waals surface area contributed by atoms with Crippen LogP contribution in [0.5, 0.6) is 17.4 Å². The normalized spacial score (nSPS) is 11.5. The first-order valence-corrected chi connectivity index (χ1v) is 7.64. The molecular weight excluding hydrogens is 326 g/mol. The highest BCUT2D eigenvalue weighted by Gasteiger charge is 2.19. The van der Waals surface area contributed by atoms with Crippen molar-refractivity contribution in [1.29, 1.82) is 0 Å². The van der Waals surface area contributed by atoms with E-state index >= 15 is 0 Å². The van der Waals surface area contributed by atoms with Gasteiger partial charge in [0.1, 0.15) is 22.7 Å². The van der Waals surface area contributed by atoms with E-state index in [0.29, 0.717) is 29.3 Å². The third-order valence-corrected chi connectivity index (χ3v) is 3.90. The van der Waals surface area contributed by atoms with Gasteiger partial charge in [0.2, 0.25) is 5.88 Å². The van der Waals surface area contributed by atoms with Gasteiger partial charge in [0.25, 0.3) is 5.56 Å². The maximum atomic E-state index is 12.5. The molecule has 0 saturated heterocycles. The standard InChI is InChI=1S/C17H21N3O5/c1-6-11(14-15(21)19(2)17(23)20(3)16(14)22)18-12-9-10(24-4)7-8-13(12)25-5/h7-9,21H,6H2,1-5H3. The lowest BCUT2D eigenvalue weighted by molar-refractivity contribution is 0.404. The van der Waals surface area contributed by atoms with Crippen molar-refractivity contribution in [2.75, 3.05) is 14.2 Å². The maximum absolute atomic E-state index is 12.5. The van der Waals surface area contributed by atoms with Crippen molar-refractivity contribution in [2.24, 2.45) is 19.1 Å². The van der Waals surface area contributed by atoms with Crippen LogP contribution >= 0.6 is 0 Å². The number of methoxy groups -OCH3 is 2. The Morgan fingerprint density at radius 3 is 2.40 bits per heavy atom. The zero-order chi connectivity index (χ0) is 18.7. The highest BCUT2D eigenvalue weighted by Crippen LogP contribution is 2.32. The van der Waals surface area contributed by atoms with Gasteiger partial charge >= 0.3 is 5.69 Å². The molecule has 0 aliphatic rings. The highest BCUT2D eigenvalue weighted by molar-refractivity contribution is 6.03. The van der Waals surface area contributed by atoms with Crippen LogP contribution in [0.2, 0.25) is 0 Å². The van der Waals surface area contributed by atoms with Crippen LogP contribution in [0, 0.1) is 0 Å². The lowest BCUT2D eigenvalue weighted by Crippen LogP contribution is -2.40. The van der Waals surface area contributed by atoms with Crippen molar-refractivity contribution in [1.82, 2.24) is 9.13 Å². The summed E-state index contributed by atoms with van der Waals surface area (Å²) in [5.74, 6) is 0.649. The summed E-state index contributed by atoms with van der Waals surface area (Å²) in [6.45, 7) is 1.80. The second-order valence-electron chi connectivity index (χ2n) is 5.35. The number of benzene rings is 1. The molecule has 1 N–H and O–H groups in total. The van der Waals surface area contributed by atoms with Crippen molar-refractivity contribution in [2.45, 2.75) is 13.3 Å². The molecule has 25 heavy (non-hydrogen) atoms. The number of hydrogen-bond donors (Lipinski definition) is 1. The minimum atomic E-state index is -0.610. The fourth-order valence-electron chi connectivity index (χ4n) is 2.43. The van der Waals surface area contributed by atoms with E-state index in [-0.39, 0.29) is 5.56 Å². The Morgan fingerprint density at radius 2 is 1.84 bits per heavy atom. The quantitative estimate of drug-likeness (QED) is 0.824. The Morgan fingerprint density at radius 1 is 1.16 bits per heavy atom. The summed E-state index contributed by atoms with van der Waals surface area (Å²) < 4.78 is 12.4. The summed E-state index contributed by atoms with van der Waals surface area (Å²) in [5.41, 5.74) is -0.449. The minimum Gasteiger partial charge on any atom is -0.497 e. The molecule has 2 rings (SSSR count). The molecule has 1 heterocycles.